The first-order chi connectivity index (χ1) is 14.7. The van der Waals surface area contributed by atoms with Gasteiger partial charge in [0.2, 0.25) is 0 Å². The first-order valence-corrected chi connectivity index (χ1v) is 10.9. The number of oxime groups is 1. The molecule has 1 aliphatic rings. The summed E-state index contributed by atoms with van der Waals surface area (Å²) in [5.74, 6) is -0.548. The molecular formula is C26H27ClN2O2. The van der Waals surface area contributed by atoms with Gasteiger partial charge in [0, 0.05) is 22.6 Å². The van der Waals surface area contributed by atoms with Crippen LogP contribution < -0.4 is 0 Å². The van der Waals surface area contributed by atoms with Crippen LogP contribution in [0, 0.1) is 26.2 Å². The zero-order valence-electron chi connectivity index (χ0n) is 18.6. The number of halogens is 1. The van der Waals surface area contributed by atoms with Gasteiger partial charge in [0.05, 0.1) is 16.3 Å². The third-order valence-electron chi connectivity index (χ3n) is 5.97. The van der Waals surface area contributed by atoms with Crippen LogP contribution in [0.3, 0.4) is 0 Å². The van der Waals surface area contributed by atoms with Crippen LogP contribution in [0.2, 0.25) is 5.02 Å². The van der Waals surface area contributed by atoms with Gasteiger partial charge in [0.15, 0.2) is 0 Å². The zero-order chi connectivity index (χ0) is 22.3. The first-order valence-electron chi connectivity index (χ1n) is 10.5. The van der Waals surface area contributed by atoms with Crippen molar-refractivity contribution in [2.75, 3.05) is 0 Å². The quantitative estimate of drug-likeness (QED) is 0.344. The van der Waals surface area contributed by atoms with Crippen LogP contribution in [0.1, 0.15) is 58.7 Å². The largest absolute Gasteiger partial charge is 0.367 e. The Morgan fingerprint density at radius 1 is 1.03 bits per heavy atom. The van der Waals surface area contributed by atoms with E-state index in [9.17, 15) is 4.79 Å². The van der Waals surface area contributed by atoms with E-state index in [-0.39, 0.29) is 5.41 Å². The molecule has 0 amide bonds. The summed E-state index contributed by atoms with van der Waals surface area (Å²) in [6.07, 6.45) is 1.65. The molecule has 0 spiro atoms. The van der Waals surface area contributed by atoms with Crippen LogP contribution in [0.15, 0.2) is 53.7 Å². The van der Waals surface area contributed by atoms with Crippen molar-refractivity contribution >= 4 is 23.3 Å². The molecule has 0 N–H and O–H groups in total. The van der Waals surface area contributed by atoms with Crippen LogP contribution in [0.5, 0.6) is 0 Å². The fourth-order valence-electron chi connectivity index (χ4n) is 4.26. The van der Waals surface area contributed by atoms with Gasteiger partial charge in [-0.05, 0) is 80.5 Å². The van der Waals surface area contributed by atoms with Gasteiger partial charge in [-0.25, -0.2) is 4.79 Å². The van der Waals surface area contributed by atoms with E-state index in [2.05, 4.69) is 68.6 Å². The lowest BCUT2D eigenvalue weighted by molar-refractivity contribution is 0.0514. The maximum Gasteiger partial charge on any atom is 0.367 e. The van der Waals surface area contributed by atoms with Crippen LogP contribution in [0.25, 0.3) is 5.69 Å². The van der Waals surface area contributed by atoms with Crippen LogP contribution in [0.4, 0.5) is 0 Å². The predicted molar refractivity (Wildman–Crippen MR) is 125 cm³/mol. The highest BCUT2D eigenvalue weighted by Gasteiger charge is 2.34. The Bertz CT molecular complexity index is 1200. The molecule has 4 nitrogen and oxygen atoms in total. The number of aryl methyl sites for hydroxylation is 3. The van der Waals surface area contributed by atoms with Crippen molar-refractivity contribution in [2.24, 2.45) is 10.6 Å². The Hall–Kier alpha value is -2.85. The molecule has 0 bridgehead atoms. The molecule has 0 fully saturated rings. The average molecular weight is 435 g/mol. The van der Waals surface area contributed by atoms with Gasteiger partial charge < -0.3 is 9.40 Å². The monoisotopic (exact) mass is 434 g/mol. The fraction of sp³-hybridized carbons (Fsp3) is 0.308. The lowest BCUT2D eigenvalue weighted by Crippen LogP contribution is -2.28. The highest BCUT2D eigenvalue weighted by atomic mass is 35.5. The number of benzene rings is 2. The minimum atomic E-state index is -0.548. The van der Waals surface area contributed by atoms with Gasteiger partial charge >= 0.3 is 5.97 Å². The Balaban J connectivity index is 1.74. The summed E-state index contributed by atoms with van der Waals surface area (Å²) < 4.78 is 2.30. The van der Waals surface area contributed by atoms with Gasteiger partial charge in [0.25, 0.3) is 0 Å². The Kier molecular flexibility index (Phi) is 5.52. The molecule has 0 aliphatic heterocycles. The molecule has 0 atom stereocenters. The van der Waals surface area contributed by atoms with E-state index in [1.807, 2.05) is 0 Å². The molecule has 1 aliphatic carbocycles. The van der Waals surface area contributed by atoms with E-state index in [0.717, 1.165) is 35.5 Å². The maximum atomic E-state index is 12.5. The second-order valence-corrected chi connectivity index (χ2v) is 9.57. The highest BCUT2D eigenvalue weighted by Crippen LogP contribution is 2.38. The third kappa shape index (κ3) is 4.17. The van der Waals surface area contributed by atoms with E-state index in [1.165, 1.54) is 16.8 Å². The number of fused-ring (bicyclic) bond motifs is 1. The summed E-state index contributed by atoms with van der Waals surface area (Å²) in [6, 6.07) is 15.5. The molecule has 0 unspecified atom stereocenters. The van der Waals surface area contributed by atoms with Crippen molar-refractivity contribution in [3.05, 3.63) is 87.2 Å². The van der Waals surface area contributed by atoms with E-state index in [1.54, 1.807) is 24.3 Å². The number of hydrogen-bond acceptors (Lipinski definition) is 3. The average Bonchev–Trinajstić information content (AvgIpc) is 3.03. The molecule has 4 rings (SSSR count). The van der Waals surface area contributed by atoms with Crippen molar-refractivity contribution in [3.63, 3.8) is 0 Å². The van der Waals surface area contributed by atoms with Crippen molar-refractivity contribution in [3.8, 4) is 5.69 Å². The van der Waals surface area contributed by atoms with Crippen LogP contribution in [-0.4, -0.2) is 16.2 Å². The number of nitrogens with zero attached hydrogens (tertiary/aromatic N) is 2. The number of hydrogen-bond donors (Lipinski definition) is 0. The van der Waals surface area contributed by atoms with E-state index >= 15 is 0 Å². The summed E-state index contributed by atoms with van der Waals surface area (Å²) in [7, 11) is 0. The van der Waals surface area contributed by atoms with Crippen LogP contribution >= 0.6 is 11.6 Å². The molecule has 3 aromatic rings. The molecule has 160 valence electrons. The lowest BCUT2D eigenvalue weighted by Gasteiger charge is -2.31. The Morgan fingerprint density at radius 3 is 2.48 bits per heavy atom. The number of carbonyl (C=O) groups is 1. The van der Waals surface area contributed by atoms with Gasteiger partial charge in [0.1, 0.15) is 0 Å². The Morgan fingerprint density at radius 2 is 1.77 bits per heavy atom. The molecule has 2 aromatic carbocycles. The van der Waals surface area contributed by atoms with Gasteiger partial charge in [-0.3, -0.25) is 0 Å². The molecule has 0 saturated heterocycles. The minimum Gasteiger partial charge on any atom is -0.318 e. The zero-order valence-corrected chi connectivity index (χ0v) is 19.4. The molecule has 5 heteroatoms. The molecule has 1 aromatic heterocycles. The van der Waals surface area contributed by atoms with Crippen molar-refractivity contribution in [2.45, 2.75) is 47.5 Å². The molecule has 31 heavy (non-hydrogen) atoms. The van der Waals surface area contributed by atoms with Crippen LogP contribution in [-0.2, 0) is 11.3 Å². The van der Waals surface area contributed by atoms with Crippen molar-refractivity contribution < 1.29 is 9.63 Å². The molecule has 0 radical (unpaired) electrons. The van der Waals surface area contributed by atoms with E-state index < -0.39 is 5.97 Å². The normalized spacial score (nSPS) is 16.3. The smallest absolute Gasteiger partial charge is 0.318 e. The molecule has 0 saturated carbocycles. The fourth-order valence-corrected chi connectivity index (χ4v) is 4.47. The van der Waals surface area contributed by atoms with Gasteiger partial charge in [-0.1, -0.05) is 48.8 Å². The first kappa shape index (κ1) is 21.4. The number of rotatable bonds is 3. The summed E-state index contributed by atoms with van der Waals surface area (Å²) in [5, 5.41) is 4.67. The Labute approximate surface area is 188 Å². The van der Waals surface area contributed by atoms with Crippen molar-refractivity contribution in [1.29, 1.82) is 0 Å². The van der Waals surface area contributed by atoms with Gasteiger partial charge in [-0.15, -0.1) is 0 Å². The summed E-state index contributed by atoms with van der Waals surface area (Å²) in [4.78, 5) is 17.9. The summed E-state index contributed by atoms with van der Waals surface area (Å²) in [6.45, 7) is 10.8. The summed E-state index contributed by atoms with van der Waals surface area (Å²) >= 11 is 6.13. The summed E-state index contributed by atoms with van der Waals surface area (Å²) in [5.41, 5.74) is 8.15. The van der Waals surface area contributed by atoms with Gasteiger partial charge in [-0.2, -0.15) is 0 Å². The third-order valence-corrected chi connectivity index (χ3v) is 6.30. The number of carbonyl (C=O) groups excluding carboxylic acids is 1. The second-order valence-electron chi connectivity index (χ2n) is 9.16. The minimum absolute atomic E-state index is 0.00901. The SMILES string of the molecule is Cc1ccc(-n2c(C)cc3c2CC(C)(C)C/C3=N\OC(=O)c2ccccc2Cl)cc1C. The molecular weight excluding hydrogens is 408 g/mol. The number of aromatic nitrogens is 1. The molecule has 1 heterocycles. The standard InChI is InChI=1S/C26H27ClN2O2/c1-16-10-11-19(12-17(16)2)29-18(3)13-21-23(14-26(4,5)15-24(21)29)28-31-25(30)20-8-6-7-9-22(20)27/h6-13H,14-15H2,1-5H3/b28-23+. The van der Waals surface area contributed by atoms with Crippen molar-refractivity contribution in [1.82, 2.24) is 4.57 Å². The maximum absolute atomic E-state index is 12.5. The lowest BCUT2D eigenvalue weighted by atomic mass is 9.76. The second kappa shape index (κ2) is 8.01. The van der Waals surface area contributed by atoms with E-state index in [0.29, 0.717) is 10.6 Å². The predicted octanol–water partition coefficient (Wildman–Crippen LogP) is 6.59. The van der Waals surface area contributed by atoms with E-state index in [4.69, 9.17) is 16.4 Å². The topological polar surface area (TPSA) is 43.6 Å². The highest BCUT2D eigenvalue weighted by molar-refractivity contribution is 6.33.